The molecule has 0 unspecified atom stereocenters. The van der Waals surface area contributed by atoms with Crippen molar-refractivity contribution in [3.63, 3.8) is 0 Å². The Morgan fingerprint density at radius 2 is 2.23 bits per heavy atom. The third-order valence-corrected chi connectivity index (χ3v) is 3.57. The second kappa shape index (κ2) is 7.45. The number of anilines is 1. The molecule has 0 bridgehead atoms. The molecule has 2 aromatic rings. The minimum Gasteiger partial charge on any atom is -0.493 e. The number of benzene rings is 1. The van der Waals surface area contributed by atoms with Gasteiger partial charge in [-0.05, 0) is 37.5 Å². The SMILES string of the molecule is Cc1cn(N=Cc2cc(Br)ccc2OCCC(C)C)c(N)n1. The van der Waals surface area contributed by atoms with Crippen LogP contribution in [0, 0.1) is 12.8 Å². The summed E-state index contributed by atoms with van der Waals surface area (Å²) in [6, 6.07) is 5.86. The van der Waals surface area contributed by atoms with E-state index in [-0.39, 0.29) is 0 Å². The van der Waals surface area contributed by atoms with Crippen molar-refractivity contribution in [1.29, 1.82) is 0 Å². The first-order chi connectivity index (χ1) is 10.5. The van der Waals surface area contributed by atoms with E-state index in [9.17, 15) is 0 Å². The molecule has 0 aliphatic heterocycles. The van der Waals surface area contributed by atoms with Crippen LogP contribution < -0.4 is 10.5 Å². The average Bonchev–Trinajstić information content (AvgIpc) is 2.76. The van der Waals surface area contributed by atoms with Crippen molar-refractivity contribution in [2.24, 2.45) is 11.0 Å². The highest BCUT2D eigenvalue weighted by molar-refractivity contribution is 9.10. The number of hydrogen-bond donors (Lipinski definition) is 1. The second-order valence-electron chi connectivity index (χ2n) is 5.54. The Labute approximate surface area is 139 Å². The van der Waals surface area contributed by atoms with Crippen LogP contribution in [-0.4, -0.2) is 22.5 Å². The molecule has 0 amide bonds. The van der Waals surface area contributed by atoms with Gasteiger partial charge in [0.1, 0.15) is 5.75 Å². The lowest BCUT2D eigenvalue weighted by Crippen LogP contribution is -2.04. The maximum Gasteiger partial charge on any atom is 0.221 e. The number of nitrogens with two attached hydrogens (primary N) is 1. The molecular weight excluding hydrogens is 344 g/mol. The van der Waals surface area contributed by atoms with Gasteiger partial charge in [-0.25, -0.2) is 9.66 Å². The van der Waals surface area contributed by atoms with Crippen LogP contribution in [0.3, 0.4) is 0 Å². The van der Waals surface area contributed by atoms with Crippen LogP contribution in [0.2, 0.25) is 0 Å². The molecule has 0 saturated carbocycles. The Morgan fingerprint density at radius 1 is 1.45 bits per heavy atom. The zero-order valence-corrected chi connectivity index (χ0v) is 14.7. The molecule has 0 aliphatic carbocycles. The molecule has 22 heavy (non-hydrogen) atoms. The monoisotopic (exact) mass is 364 g/mol. The molecule has 118 valence electrons. The van der Waals surface area contributed by atoms with Crippen LogP contribution in [0.4, 0.5) is 5.95 Å². The van der Waals surface area contributed by atoms with Crippen molar-refractivity contribution in [3.05, 3.63) is 40.1 Å². The summed E-state index contributed by atoms with van der Waals surface area (Å²) in [6.07, 6.45) is 4.52. The maximum atomic E-state index is 5.86. The zero-order chi connectivity index (χ0) is 16.1. The first kappa shape index (κ1) is 16.5. The van der Waals surface area contributed by atoms with E-state index in [1.54, 1.807) is 17.1 Å². The van der Waals surface area contributed by atoms with Gasteiger partial charge in [0.2, 0.25) is 5.95 Å². The van der Waals surface area contributed by atoms with Crippen molar-refractivity contribution >= 4 is 28.1 Å². The van der Waals surface area contributed by atoms with Crippen LogP contribution >= 0.6 is 15.9 Å². The lowest BCUT2D eigenvalue weighted by Gasteiger charge is -2.10. The number of hydrogen-bond acceptors (Lipinski definition) is 4. The van der Waals surface area contributed by atoms with Crippen LogP contribution in [0.5, 0.6) is 5.75 Å². The Bertz CT molecular complexity index is 664. The van der Waals surface area contributed by atoms with Crippen LogP contribution in [0.1, 0.15) is 31.5 Å². The lowest BCUT2D eigenvalue weighted by molar-refractivity contribution is 0.289. The molecule has 1 heterocycles. The molecule has 1 aromatic carbocycles. The van der Waals surface area contributed by atoms with Gasteiger partial charge in [0.05, 0.1) is 24.7 Å². The first-order valence-corrected chi connectivity index (χ1v) is 8.03. The summed E-state index contributed by atoms with van der Waals surface area (Å²) in [5, 5.41) is 4.35. The minimum atomic E-state index is 0.367. The predicted octanol–water partition coefficient (Wildman–Crippen LogP) is 3.84. The van der Waals surface area contributed by atoms with Crippen LogP contribution in [0.25, 0.3) is 0 Å². The summed E-state index contributed by atoms with van der Waals surface area (Å²) < 4.78 is 8.38. The van der Waals surface area contributed by atoms with Crippen molar-refractivity contribution in [3.8, 4) is 5.75 Å². The van der Waals surface area contributed by atoms with Gasteiger partial charge in [0, 0.05) is 10.0 Å². The standard InChI is InChI=1S/C16H21BrN4O/c1-11(2)6-7-22-15-5-4-14(17)8-13(15)9-19-21-10-12(3)20-16(21)18/h4-5,8-11H,6-7H2,1-3H3,(H2,18,20). The largest absolute Gasteiger partial charge is 0.493 e. The fraction of sp³-hybridized carbons (Fsp3) is 0.375. The molecule has 0 radical (unpaired) electrons. The van der Waals surface area contributed by atoms with Gasteiger partial charge in [-0.15, -0.1) is 0 Å². The Hall–Kier alpha value is -1.82. The molecule has 6 heteroatoms. The highest BCUT2D eigenvalue weighted by Gasteiger charge is 2.05. The van der Waals surface area contributed by atoms with Gasteiger partial charge in [0.15, 0.2) is 0 Å². The van der Waals surface area contributed by atoms with Crippen molar-refractivity contribution < 1.29 is 4.74 Å². The zero-order valence-electron chi connectivity index (χ0n) is 13.1. The fourth-order valence-electron chi connectivity index (χ4n) is 1.88. The van der Waals surface area contributed by atoms with E-state index >= 15 is 0 Å². The third kappa shape index (κ3) is 4.59. The van der Waals surface area contributed by atoms with E-state index in [1.807, 2.05) is 25.1 Å². The highest BCUT2D eigenvalue weighted by atomic mass is 79.9. The number of aryl methyl sites for hydroxylation is 1. The van der Waals surface area contributed by atoms with Gasteiger partial charge < -0.3 is 10.5 Å². The van der Waals surface area contributed by atoms with Crippen molar-refractivity contribution in [2.45, 2.75) is 27.2 Å². The smallest absolute Gasteiger partial charge is 0.221 e. The van der Waals surface area contributed by atoms with Crippen LogP contribution in [-0.2, 0) is 0 Å². The molecule has 1 aromatic heterocycles. The molecule has 0 spiro atoms. The highest BCUT2D eigenvalue weighted by Crippen LogP contribution is 2.22. The number of rotatable bonds is 6. The topological polar surface area (TPSA) is 65.4 Å². The van der Waals surface area contributed by atoms with E-state index in [0.717, 1.165) is 27.9 Å². The molecule has 5 nitrogen and oxygen atoms in total. The minimum absolute atomic E-state index is 0.367. The number of imidazole rings is 1. The number of ether oxygens (including phenoxy) is 1. The Morgan fingerprint density at radius 3 is 2.86 bits per heavy atom. The van der Waals surface area contributed by atoms with E-state index in [0.29, 0.717) is 18.5 Å². The third-order valence-electron chi connectivity index (χ3n) is 3.08. The first-order valence-electron chi connectivity index (χ1n) is 7.24. The molecule has 2 rings (SSSR count). The van der Waals surface area contributed by atoms with Crippen molar-refractivity contribution in [1.82, 2.24) is 9.66 Å². The van der Waals surface area contributed by atoms with Gasteiger partial charge in [-0.1, -0.05) is 29.8 Å². The average molecular weight is 365 g/mol. The van der Waals surface area contributed by atoms with Crippen molar-refractivity contribution in [2.75, 3.05) is 12.3 Å². The molecule has 0 fully saturated rings. The summed E-state index contributed by atoms with van der Waals surface area (Å²) in [6.45, 7) is 6.92. The van der Waals surface area contributed by atoms with E-state index in [4.69, 9.17) is 10.5 Å². The normalized spacial score (nSPS) is 11.5. The summed E-state index contributed by atoms with van der Waals surface area (Å²) in [7, 11) is 0. The maximum absolute atomic E-state index is 5.86. The van der Waals surface area contributed by atoms with E-state index in [1.165, 1.54) is 0 Å². The second-order valence-corrected chi connectivity index (χ2v) is 6.46. The number of nitrogens with zero attached hydrogens (tertiary/aromatic N) is 3. The lowest BCUT2D eigenvalue weighted by atomic mass is 10.1. The van der Waals surface area contributed by atoms with E-state index in [2.05, 4.69) is 39.9 Å². The van der Waals surface area contributed by atoms with Gasteiger partial charge in [-0.2, -0.15) is 5.10 Å². The summed E-state index contributed by atoms with van der Waals surface area (Å²) >= 11 is 3.47. The van der Waals surface area contributed by atoms with Crippen LogP contribution in [0.15, 0.2) is 34.0 Å². The Kier molecular flexibility index (Phi) is 5.60. The number of halogens is 1. The fourth-order valence-corrected chi connectivity index (χ4v) is 2.26. The number of nitrogen functional groups attached to an aromatic ring is 1. The number of aromatic nitrogens is 2. The molecular formula is C16H21BrN4O. The molecule has 0 atom stereocenters. The molecule has 2 N–H and O–H groups in total. The van der Waals surface area contributed by atoms with Gasteiger partial charge in [0.25, 0.3) is 0 Å². The molecule has 0 aliphatic rings. The van der Waals surface area contributed by atoms with Gasteiger partial charge in [-0.3, -0.25) is 0 Å². The molecule has 0 saturated heterocycles. The van der Waals surface area contributed by atoms with Gasteiger partial charge >= 0.3 is 0 Å². The Balaban J connectivity index is 2.18. The predicted molar refractivity (Wildman–Crippen MR) is 93.5 cm³/mol. The summed E-state index contributed by atoms with van der Waals surface area (Å²) in [4.78, 5) is 4.12. The quantitative estimate of drug-likeness (QED) is 0.791. The summed E-state index contributed by atoms with van der Waals surface area (Å²) in [5.41, 5.74) is 7.51. The van der Waals surface area contributed by atoms with E-state index < -0.39 is 0 Å². The summed E-state index contributed by atoms with van der Waals surface area (Å²) in [5.74, 6) is 1.79.